The van der Waals surface area contributed by atoms with Crippen LogP contribution >= 0.6 is 0 Å². The lowest BCUT2D eigenvalue weighted by atomic mass is 10.1. The number of ether oxygens (including phenoxy) is 2. The topological polar surface area (TPSA) is 50.8 Å². The van der Waals surface area contributed by atoms with Crippen molar-refractivity contribution in [3.05, 3.63) is 53.6 Å². The SMILES string of the molecule is COc1cccc(CN(C(=O)Nc2ccc(C)cc2)C2CCCC2)c1OC. The lowest BCUT2D eigenvalue weighted by molar-refractivity contribution is 0.183. The van der Waals surface area contributed by atoms with Gasteiger partial charge in [0.25, 0.3) is 0 Å². The fraction of sp³-hybridized carbons (Fsp3) is 0.409. The number of nitrogens with one attached hydrogen (secondary N) is 1. The van der Waals surface area contributed by atoms with Crippen LogP contribution in [0.5, 0.6) is 11.5 Å². The van der Waals surface area contributed by atoms with Crippen LogP contribution in [0.2, 0.25) is 0 Å². The molecular weight excluding hydrogens is 340 g/mol. The molecule has 2 aromatic carbocycles. The van der Waals surface area contributed by atoms with Gasteiger partial charge in [-0.1, -0.05) is 42.7 Å². The first kappa shape index (κ1) is 19.1. The van der Waals surface area contributed by atoms with Crippen LogP contribution < -0.4 is 14.8 Å². The van der Waals surface area contributed by atoms with Gasteiger partial charge in [-0.2, -0.15) is 0 Å². The van der Waals surface area contributed by atoms with Gasteiger partial charge in [-0.15, -0.1) is 0 Å². The molecule has 0 unspecified atom stereocenters. The molecule has 0 radical (unpaired) electrons. The number of hydrogen-bond donors (Lipinski definition) is 1. The van der Waals surface area contributed by atoms with Gasteiger partial charge < -0.3 is 19.7 Å². The van der Waals surface area contributed by atoms with E-state index in [2.05, 4.69) is 5.32 Å². The maximum absolute atomic E-state index is 13.1. The average Bonchev–Trinajstić information content (AvgIpc) is 3.21. The minimum Gasteiger partial charge on any atom is -0.493 e. The first-order chi connectivity index (χ1) is 13.1. The van der Waals surface area contributed by atoms with E-state index in [1.807, 2.05) is 54.3 Å². The summed E-state index contributed by atoms with van der Waals surface area (Å²) in [5, 5.41) is 3.05. The Morgan fingerprint density at radius 2 is 1.78 bits per heavy atom. The van der Waals surface area contributed by atoms with E-state index < -0.39 is 0 Å². The van der Waals surface area contributed by atoms with Gasteiger partial charge in [-0.05, 0) is 38.0 Å². The smallest absolute Gasteiger partial charge is 0.322 e. The number of urea groups is 1. The van der Waals surface area contributed by atoms with Crippen LogP contribution in [0.15, 0.2) is 42.5 Å². The number of methoxy groups -OCH3 is 2. The number of hydrogen-bond acceptors (Lipinski definition) is 3. The molecule has 1 aliphatic rings. The molecule has 0 aliphatic heterocycles. The Bertz CT molecular complexity index is 768. The Hall–Kier alpha value is -2.69. The molecule has 1 saturated carbocycles. The van der Waals surface area contributed by atoms with E-state index in [0.29, 0.717) is 18.0 Å². The van der Waals surface area contributed by atoms with Gasteiger partial charge in [0.15, 0.2) is 11.5 Å². The second kappa shape index (κ2) is 8.80. The Labute approximate surface area is 161 Å². The number of benzene rings is 2. The summed E-state index contributed by atoms with van der Waals surface area (Å²) in [5.41, 5.74) is 2.93. The average molecular weight is 368 g/mol. The number of aryl methyl sites for hydroxylation is 1. The van der Waals surface area contributed by atoms with Crippen molar-refractivity contribution in [2.24, 2.45) is 0 Å². The third kappa shape index (κ3) is 4.54. The highest BCUT2D eigenvalue weighted by atomic mass is 16.5. The van der Waals surface area contributed by atoms with E-state index in [0.717, 1.165) is 36.9 Å². The lowest BCUT2D eigenvalue weighted by Crippen LogP contribution is -2.41. The number of carbonyl (C=O) groups is 1. The molecule has 2 amide bonds. The first-order valence-electron chi connectivity index (χ1n) is 9.46. The van der Waals surface area contributed by atoms with Crippen LogP contribution in [-0.2, 0) is 6.54 Å². The second-order valence-electron chi connectivity index (χ2n) is 7.02. The molecule has 144 valence electrons. The number of anilines is 1. The largest absolute Gasteiger partial charge is 0.493 e. The molecule has 0 bridgehead atoms. The normalized spacial score (nSPS) is 14.0. The van der Waals surface area contributed by atoms with Crippen molar-refractivity contribution in [1.29, 1.82) is 0 Å². The van der Waals surface area contributed by atoms with Gasteiger partial charge in [0, 0.05) is 17.3 Å². The minimum absolute atomic E-state index is 0.0735. The van der Waals surface area contributed by atoms with Crippen molar-refractivity contribution in [2.75, 3.05) is 19.5 Å². The number of rotatable bonds is 6. The van der Waals surface area contributed by atoms with Gasteiger partial charge >= 0.3 is 6.03 Å². The van der Waals surface area contributed by atoms with Crippen molar-refractivity contribution in [3.8, 4) is 11.5 Å². The van der Waals surface area contributed by atoms with Gasteiger partial charge in [-0.3, -0.25) is 0 Å². The molecule has 3 rings (SSSR count). The Kier molecular flexibility index (Phi) is 6.22. The van der Waals surface area contributed by atoms with E-state index in [9.17, 15) is 4.79 Å². The summed E-state index contributed by atoms with van der Waals surface area (Å²) in [6.45, 7) is 2.52. The summed E-state index contributed by atoms with van der Waals surface area (Å²) in [6.07, 6.45) is 4.39. The van der Waals surface area contributed by atoms with Gasteiger partial charge in [-0.25, -0.2) is 4.79 Å². The van der Waals surface area contributed by atoms with E-state index in [1.165, 1.54) is 5.56 Å². The molecular formula is C22H28N2O3. The quantitative estimate of drug-likeness (QED) is 0.781. The Morgan fingerprint density at radius 3 is 2.41 bits per heavy atom. The molecule has 0 heterocycles. The summed E-state index contributed by atoms with van der Waals surface area (Å²) in [5.74, 6) is 1.37. The number of para-hydroxylation sites is 1. The van der Waals surface area contributed by atoms with Gasteiger partial charge in [0.2, 0.25) is 0 Å². The minimum atomic E-state index is -0.0735. The number of nitrogens with zero attached hydrogens (tertiary/aromatic N) is 1. The van der Waals surface area contributed by atoms with Crippen molar-refractivity contribution in [1.82, 2.24) is 4.90 Å². The molecule has 27 heavy (non-hydrogen) atoms. The van der Waals surface area contributed by atoms with Crippen molar-refractivity contribution in [3.63, 3.8) is 0 Å². The summed E-state index contributed by atoms with van der Waals surface area (Å²) in [6, 6.07) is 13.8. The zero-order valence-electron chi connectivity index (χ0n) is 16.3. The summed E-state index contributed by atoms with van der Waals surface area (Å²) in [4.78, 5) is 15.0. The molecule has 0 atom stereocenters. The molecule has 5 heteroatoms. The van der Waals surface area contributed by atoms with Crippen LogP contribution in [0, 0.1) is 6.92 Å². The third-order valence-electron chi connectivity index (χ3n) is 5.15. The number of carbonyl (C=O) groups excluding carboxylic acids is 1. The van der Waals surface area contributed by atoms with E-state index in [4.69, 9.17) is 9.47 Å². The predicted molar refractivity (Wildman–Crippen MR) is 108 cm³/mol. The van der Waals surface area contributed by atoms with Crippen molar-refractivity contribution < 1.29 is 14.3 Å². The molecule has 1 aliphatic carbocycles. The van der Waals surface area contributed by atoms with Crippen LogP contribution in [0.4, 0.5) is 10.5 Å². The number of amides is 2. The van der Waals surface area contributed by atoms with Gasteiger partial charge in [0.05, 0.1) is 20.8 Å². The molecule has 5 nitrogen and oxygen atoms in total. The van der Waals surface area contributed by atoms with E-state index in [-0.39, 0.29) is 12.1 Å². The molecule has 0 aromatic heterocycles. The highest BCUT2D eigenvalue weighted by molar-refractivity contribution is 5.89. The molecule has 0 spiro atoms. The maximum Gasteiger partial charge on any atom is 0.322 e. The molecule has 0 saturated heterocycles. The molecule has 1 N–H and O–H groups in total. The Morgan fingerprint density at radius 1 is 1.07 bits per heavy atom. The van der Waals surface area contributed by atoms with E-state index >= 15 is 0 Å². The lowest BCUT2D eigenvalue weighted by Gasteiger charge is -2.30. The van der Waals surface area contributed by atoms with Crippen molar-refractivity contribution >= 4 is 11.7 Å². The third-order valence-corrected chi connectivity index (χ3v) is 5.15. The standard InChI is InChI=1S/C22H28N2O3/c1-16-11-13-18(14-12-16)23-22(25)24(19-8-4-5-9-19)15-17-7-6-10-20(26-2)21(17)27-3/h6-7,10-14,19H,4-5,8-9,15H2,1-3H3,(H,23,25). The zero-order chi connectivity index (χ0) is 19.2. The predicted octanol–water partition coefficient (Wildman–Crippen LogP) is 4.99. The monoisotopic (exact) mass is 368 g/mol. The summed E-state index contributed by atoms with van der Waals surface area (Å²) in [7, 11) is 3.26. The van der Waals surface area contributed by atoms with Crippen LogP contribution in [-0.4, -0.2) is 31.2 Å². The first-order valence-corrected chi connectivity index (χ1v) is 9.46. The fourth-order valence-electron chi connectivity index (χ4n) is 3.68. The second-order valence-corrected chi connectivity index (χ2v) is 7.02. The summed E-state index contributed by atoms with van der Waals surface area (Å²) < 4.78 is 11.0. The summed E-state index contributed by atoms with van der Waals surface area (Å²) >= 11 is 0. The highest BCUT2D eigenvalue weighted by Gasteiger charge is 2.28. The fourth-order valence-corrected chi connectivity index (χ4v) is 3.68. The van der Waals surface area contributed by atoms with Gasteiger partial charge in [0.1, 0.15) is 0 Å². The van der Waals surface area contributed by atoms with Crippen molar-refractivity contribution in [2.45, 2.75) is 45.2 Å². The van der Waals surface area contributed by atoms with Crippen LogP contribution in [0.1, 0.15) is 36.8 Å². The highest BCUT2D eigenvalue weighted by Crippen LogP contribution is 2.33. The molecule has 2 aromatic rings. The van der Waals surface area contributed by atoms with Crippen LogP contribution in [0.3, 0.4) is 0 Å². The zero-order valence-corrected chi connectivity index (χ0v) is 16.3. The van der Waals surface area contributed by atoms with Crippen LogP contribution in [0.25, 0.3) is 0 Å². The maximum atomic E-state index is 13.1. The molecule has 1 fully saturated rings. The van der Waals surface area contributed by atoms with E-state index in [1.54, 1.807) is 14.2 Å². The Balaban J connectivity index is 1.83.